The molecule has 0 heterocycles. The molecule has 56 valence electrons. The molecule has 2 heteroatoms. The van der Waals surface area contributed by atoms with Gasteiger partial charge >= 0.3 is 0 Å². The average molecular weight is 131 g/mol. The van der Waals surface area contributed by atoms with Crippen molar-refractivity contribution >= 4 is 0 Å². The van der Waals surface area contributed by atoms with E-state index in [0.717, 1.165) is 19.0 Å². The van der Waals surface area contributed by atoms with Crippen molar-refractivity contribution in [3.8, 4) is 0 Å². The van der Waals surface area contributed by atoms with E-state index in [1.165, 1.54) is 6.42 Å². The Labute approximate surface area is 57.3 Å². The van der Waals surface area contributed by atoms with E-state index in [-0.39, 0.29) is 6.61 Å². The van der Waals surface area contributed by atoms with Crippen LogP contribution in [0.3, 0.4) is 0 Å². The molecule has 0 unspecified atom stereocenters. The zero-order valence-corrected chi connectivity index (χ0v) is 6.35. The highest BCUT2D eigenvalue weighted by molar-refractivity contribution is 4.52. The van der Waals surface area contributed by atoms with Crippen molar-refractivity contribution in [2.75, 3.05) is 19.7 Å². The van der Waals surface area contributed by atoms with E-state index in [1.54, 1.807) is 0 Å². The lowest BCUT2D eigenvalue weighted by Gasteiger charge is -2.07. The molecule has 0 amide bonds. The molecule has 1 atom stereocenters. The molecule has 0 aromatic heterocycles. The fraction of sp³-hybridized carbons (Fsp3) is 1.00. The predicted octanol–water partition coefficient (Wildman–Crippen LogP) is 0.614. The summed E-state index contributed by atoms with van der Waals surface area (Å²) in [5, 5.41) is 11.5. The highest BCUT2D eigenvalue weighted by Crippen LogP contribution is 1.96. The van der Waals surface area contributed by atoms with Crippen LogP contribution in [0.4, 0.5) is 0 Å². The smallest absolute Gasteiger partial charge is 0.0555 e. The topological polar surface area (TPSA) is 32.3 Å². The van der Waals surface area contributed by atoms with Crippen molar-refractivity contribution in [2.45, 2.75) is 20.3 Å². The second-order valence-corrected chi connectivity index (χ2v) is 2.44. The van der Waals surface area contributed by atoms with E-state index >= 15 is 0 Å². The van der Waals surface area contributed by atoms with Gasteiger partial charge in [0.05, 0.1) is 6.61 Å². The Balaban J connectivity index is 2.88. The number of rotatable bonds is 5. The van der Waals surface area contributed by atoms with Crippen LogP contribution in [-0.4, -0.2) is 24.8 Å². The Morgan fingerprint density at radius 3 is 2.67 bits per heavy atom. The lowest BCUT2D eigenvalue weighted by molar-refractivity contribution is 0.288. The van der Waals surface area contributed by atoms with Crippen LogP contribution in [0.1, 0.15) is 20.3 Å². The van der Waals surface area contributed by atoms with Gasteiger partial charge in [-0.2, -0.15) is 0 Å². The Morgan fingerprint density at radius 1 is 1.56 bits per heavy atom. The van der Waals surface area contributed by atoms with E-state index in [4.69, 9.17) is 5.11 Å². The molecule has 0 bridgehead atoms. The summed E-state index contributed by atoms with van der Waals surface area (Å²) in [6, 6.07) is 0. The highest BCUT2D eigenvalue weighted by Gasteiger charge is 1.94. The summed E-state index contributed by atoms with van der Waals surface area (Å²) in [6.45, 7) is 6.37. The van der Waals surface area contributed by atoms with E-state index in [9.17, 15) is 0 Å². The average Bonchev–Trinajstić information content (AvgIpc) is 1.89. The number of aliphatic hydroxyl groups is 1. The number of hydrogen-bond acceptors (Lipinski definition) is 2. The quantitative estimate of drug-likeness (QED) is 0.536. The first-order valence-electron chi connectivity index (χ1n) is 3.62. The van der Waals surface area contributed by atoms with Crippen LogP contribution < -0.4 is 5.32 Å². The maximum atomic E-state index is 8.39. The van der Waals surface area contributed by atoms with Crippen LogP contribution in [0.5, 0.6) is 0 Å². The molecule has 9 heavy (non-hydrogen) atoms. The van der Waals surface area contributed by atoms with Crippen molar-refractivity contribution in [2.24, 2.45) is 5.92 Å². The molecule has 0 aliphatic carbocycles. The van der Waals surface area contributed by atoms with Gasteiger partial charge in [0.1, 0.15) is 0 Å². The zero-order chi connectivity index (χ0) is 7.11. The largest absolute Gasteiger partial charge is 0.395 e. The maximum absolute atomic E-state index is 8.39. The van der Waals surface area contributed by atoms with Gasteiger partial charge in [-0.05, 0) is 12.5 Å². The Hall–Kier alpha value is -0.0800. The molecule has 0 aliphatic heterocycles. The molecule has 0 saturated carbocycles. The molecule has 0 spiro atoms. The fourth-order valence-electron chi connectivity index (χ4n) is 0.572. The summed E-state index contributed by atoms with van der Waals surface area (Å²) in [5.74, 6) is 0.733. The first kappa shape index (κ1) is 8.92. The van der Waals surface area contributed by atoms with Gasteiger partial charge in [0.15, 0.2) is 0 Å². The van der Waals surface area contributed by atoms with Crippen LogP contribution in [0.15, 0.2) is 0 Å². The number of hydrogen-bond donors (Lipinski definition) is 2. The highest BCUT2D eigenvalue weighted by atomic mass is 16.3. The molecule has 0 saturated heterocycles. The zero-order valence-electron chi connectivity index (χ0n) is 6.35. The molecule has 0 radical (unpaired) electrons. The van der Waals surface area contributed by atoms with E-state index in [0.29, 0.717) is 0 Å². The minimum absolute atomic E-state index is 0.246. The van der Waals surface area contributed by atoms with E-state index in [1.807, 2.05) is 0 Å². The van der Waals surface area contributed by atoms with Crippen molar-refractivity contribution < 1.29 is 5.11 Å². The second-order valence-electron chi connectivity index (χ2n) is 2.44. The molecule has 0 aromatic rings. The van der Waals surface area contributed by atoms with Crippen LogP contribution in [0.2, 0.25) is 0 Å². The normalized spacial score (nSPS) is 13.7. The second kappa shape index (κ2) is 6.05. The molecular weight excluding hydrogens is 114 g/mol. The van der Waals surface area contributed by atoms with E-state index in [2.05, 4.69) is 19.2 Å². The predicted molar refractivity (Wildman–Crippen MR) is 39.4 cm³/mol. The van der Waals surface area contributed by atoms with Gasteiger partial charge in [0.25, 0.3) is 0 Å². The van der Waals surface area contributed by atoms with Crippen molar-refractivity contribution in [1.29, 1.82) is 0 Å². The van der Waals surface area contributed by atoms with Crippen molar-refractivity contribution in [3.05, 3.63) is 0 Å². The van der Waals surface area contributed by atoms with Gasteiger partial charge in [0, 0.05) is 6.54 Å². The van der Waals surface area contributed by atoms with Gasteiger partial charge in [-0.15, -0.1) is 0 Å². The van der Waals surface area contributed by atoms with Gasteiger partial charge in [-0.25, -0.2) is 0 Å². The van der Waals surface area contributed by atoms with Crippen LogP contribution in [0, 0.1) is 5.92 Å². The Morgan fingerprint density at radius 2 is 2.22 bits per heavy atom. The molecule has 0 rings (SSSR count). The van der Waals surface area contributed by atoms with E-state index < -0.39 is 0 Å². The summed E-state index contributed by atoms with van der Waals surface area (Å²) in [5.41, 5.74) is 0. The van der Waals surface area contributed by atoms with Gasteiger partial charge in [-0.3, -0.25) is 0 Å². The minimum atomic E-state index is 0.246. The van der Waals surface area contributed by atoms with Gasteiger partial charge < -0.3 is 10.4 Å². The monoisotopic (exact) mass is 131 g/mol. The lowest BCUT2D eigenvalue weighted by atomic mass is 10.1. The first-order chi connectivity index (χ1) is 4.31. The Bertz CT molecular complexity index is 56.9. The molecule has 2 nitrogen and oxygen atoms in total. The fourth-order valence-corrected chi connectivity index (χ4v) is 0.572. The Kier molecular flexibility index (Phi) is 5.99. The van der Waals surface area contributed by atoms with Crippen molar-refractivity contribution in [3.63, 3.8) is 0 Å². The number of aliphatic hydroxyl groups excluding tert-OH is 1. The molecule has 0 aromatic carbocycles. The summed E-state index contributed by atoms with van der Waals surface area (Å²) in [4.78, 5) is 0. The summed E-state index contributed by atoms with van der Waals surface area (Å²) < 4.78 is 0. The number of nitrogens with one attached hydrogen (secondary N) is 1. The third-order valence-electron chi connectivity index (χ3n) is 1.48. The lowest BCUT2D eigenvalue weighted by Crippen LogP contribution is -2.23. The molecule has 2 N–H and O–H groups in total. The van der Waals surface area contributed by atoms with Crippen molar-refractivity contribution in [1.82, 2.24) is 5.32 Å². The molecular formula is C7H17NO. The first-order valence-corrected chi connectivity index (χ1v) is 3.62. The summed E-state index contributed by atoms with van der Waals surface area (Å²) in [6.07, 6.45) is 1.21. The molecule has 0 fully saturated rings. The van der Waals surface area contributed by atoms with Crippen LogP contribution >= 0.6 is 0 Å². The third-order valence-corrected chi connectivity index (χ3v) is 1.48. The van der Waals surface area contributed by atoms with Gasteiger partial charge in [-0.1, -0.05) is 20.3 Å². The standard InChI is InChI=1S/C7H17NO/c1-3-7(2)6-8-4-5-9/h7-9H,3-6H2,1-2H3/t7-/m1/s1. The third kappa shape index (κ3) is 5.80. The van der Waals surface area contributed by atoms with Crippen LogP contribution in [-0.2, 0) is 0 Å². The SMILES string of the molecule is CC[C@@H](C)CNCCO. The van der Waals surface area contributed by atoms with Gasteiger partial charge in [0.2, 0.25) is 0 Å². The summed E-state index contributed by atoms with van der Waals surface area (Å²) >= 11 is 0. The summed E-state index contributed by atoms with van der Waals surface area (Å²) in [7, 11) is 0. The minimum Gasteiger partial charge on any atom is -0.395 e. The molecule has 0 aliphatic rings. The van der Waals surface area contributed by atoms with Crippen LogP contribution in [0.25, 0.3) is 0 Å². The maximum Gasteiger partial charge on any atom is 0.0555 e.